The van der Waals surface area contributed by atoms with Gasteiger partial charge in [0.2, 0.25) is 0 Å². The second kappa shape index (κ2) is 12.3. The maximum atomic E-state index is 11.9. The van der Waals surface area contributed by atoms with Crippen molar-refractivity contribution < 1.29 is 28.5 Å². The number of rotatable bonds is 12. The molecule has 6 nitrogen and oxygen atoms in total. The molecule has 0 unspecified atom stereocenters. The van der Waals surface area contributed by atoms with Gasteiger partial charge >= 0.3 is 5.97 Å². The lowest BCUT2D eigenvalue weighted by Crippen LogP contribution is -2.40. The second-order valence-electron chi connectivity index (χ2n) is 4.00. The zero-order chi connectivity index (χ0) is 14.5. The minimum Gasteiger partial charge on any atom is -0.464 e. The van der Waals surface area contributed by atoms with Crippen LogP contribution >= 0.6 is 0 Å². The molecule has 0 saturated carbocycles. The topological polar surface area (TPSA) is 63.2 Å². The van der Waals surface area contributed by atoms with Crippen LogP contribution in [0.2, 0.25) is 0 Å². The van der Waals surface area contributed by atoms with Gasteiger partial charge < -0.3 is 23.7 Å². The minimum atomic E-state index is -0.790. The third-order valence-corrected chi connectivity index (χ3v) is 2.46. The van der Waals surface area contributed by atoms with Crippen molar-refractivity contribution in [1.29, 1.82) is 0 Å². The first-order chi connectivity index (χ1) is 9.21. The number of carbonyl (C=O) groups is 1. The van der Waals surface area contributed by atoms with Crippen LogP contribution < -0.4 is 0 Å². The fourth-order valence-electron chi connectivity index (χ4n) is 1.58. The van der Waals surface area contributed by atoms with Crippen molar-refractivity contribution in [1.82, 2.24) is 0 Å². The molecule has 0 amide bonds. The van der Waals surface area contributed by atoms with Crippen LogP contribution in [-0.4, -0.2) is 52.6 Å². The fourth-order valence-corrected chi connectivity index (χ4v) is 1.58. The van der Waals surface area contributed by atoms with Crippen LogP contribution in [0.3, 0.4) is 0 Å². The van der Waals surface area contributed by atoms with Gasteiger partial charge in [0.1, 0.15) is 13.6 Å². The molecule has 0 fully saturated rings. The molecule has 0 bridgehead atoms. The molecule has 0 aliphatic carbocycles. The van der Waals surface area contributed by atoms with Crippen LogP contribution in [0.4, 0.5) is 0 Å². The molecule has 114 valence electrons. The van der Waals surface area contributed by atoms with Crippen molar-refractivity contribution in [3.8, 4) is 0 Å². The summed E-state index contributed by atoms with van der Waals surface area (Å²) in [5.74, 6) is -0.434. The number of ether oxygens (including phenoxy) is 5. The number of hydrogen-bond acceptors (Lipinski definition) is 6. The van der Waals surface area contributed by atoms with Gasteiger partial charge in [0.05, 0.1) is 12.7 Å². The van der Waals surface area contributed by atoms with E-state index in [1.165, 1.54) is 14.2 Å². The van der Waals surface area contributed by atoms with Gasteiger partial charge in [0.15, 0.2) is 6.10 Å². The summed E-state index contributed by atoms with van der Waals surface area (Å²) in [5, 5.41) is 0. The van der Waals surface area contributed by atoms with Crippen LogP contribution in [0.25, 0.3) is 0 Å². The van der Waals surface area contributed by atoms with E-state index < -0.39 is 18.2 Å². The Morgan fingerprint density at radius 2 is 1.68 bits per heavy atom. The second-order valence-corrected chi connectivity index (χ2v) is 4.00. The zero-order valence-corrected chi connectivity index (χ0v) is 12.3. The predicted octanol–water partition coefficient (Wildman–Crippen LogP) is 1.72. The molecule has 0 saturated heterocycles. The van der Waals surface area contributed by atoms with Crippen molar-refractivity contribution >= 4 is 5.97 Å². The standard InChI is InChI=1S/C13H26O6/c1-5-7-8-11(18-9-15-3)12(19-10-16-4)13(14)17-6-2/h11-12H,5-10H2,1-4H3/t11-,12+/m0/s1. The third kappa shape index (κ3) is 8.15. The molecule has 0 radical (unpaired) electrons. The van der Waals surface area contributed by atoms with Crippen LogP contribution in [-0.2, 0) is 28.5 Å². The number of hydrogen-bond donors (Lipinski definition) is 0. The molecule has 0 rings (SSSR count). The summed E-state index contributed by atoms with van der Waals surface area (Å²) in [6.45, 7) is 4.25. The molecule has 0 aromatic carbocycles. The number of esters is 1. The highest BCUT2D eigenvalue weighted by Crippen LogP contribution is 2.14. The molecule has 0 aliphatic heterocycles. The lowest BCUT2D eigenvalue weighted by Gasteiger charge is -2.25. The molecule has 0 N–H and O–H groups in total. The average molecular weight is 278 g/mol. The SMILES string of the molecule is CCCC[C@H](OCOC)[C@@H](OCOC)C(=O)OCC. The first kappa shape index (κ1) is 18.3. The monoisotopic (exact) mass is 278 g/mol. The quantitative estimate of drug-likeness (QED) is 0.400. The number of carbonyl (C=O) groups excluding carboxylic acids is 1. The Hall–Kier alpha value is -0.690. The molecule has 19 heavy (non-hydrogen) atoms. The summed E-state index contributed by atoms with van der Waals surface area (Å²) in [5.41, 5.74) is 0. The van der Waals surface area contributed by atoms with Gasteiger partial charge in [-0.1, -0.05) is 19.8 Å². The third-order valence-electron chi connectivity index (χ3n) is 2.46. The first-order valence-corrected chi connectivity index (χ1v) is 6.58. The summed E-state index contributed by atoms with van der Waals surface area (Å²) in [7, 11) is 3.03. The number of unbranched alkanes of at least 4 members (excludes halogenated alkanes) is 1. The predicted molar refractivity (Wildman–Crippen MR) is 69.7 cm³/mol. The van der Waals surface area contributed by atoms with Crippen LogP contribution in [0.15, 0.2) is 0 Å². The van der Waals surface area contributed by atoms with Gasteiger partial charge in [-0.3, -0.25) is 0 Å². The largest absolute Gasteiger partial charge is 0.464 e. The van der Waals surface area contributed by atoms with Crippen molar-refractivity contribution in [3.63, 3.8) is 0 Å². The van der Waals surface area contributed by atoms with Gasteiger partial charge in [0.25, 0.3) is 0 Å². The zero-order valence-electron chi connectivity index (χ0n) is 12.3. The molecule has 0 aliphatic rings. The van der Waals surface area contributed by atoms with Gasteiger partial charge in [-0.2, -0.15) is 0 Å². The summed E-state index contributed by atoms with van der Waals surface area (Å²) in [6.07, 6.45) is 1.45. The molecule has 0 spiro atoms. The van der Waals surface area contributed by atoms with Crippen molar-refractivity contribution in [2.24, 2.45) is 0 Å². The first-order valence-electron chi connectivity index (χ1n) is 6.58. The van der Waals surface area contributed by atoms with Crippen LogP contribution in [0.1, 0.15) is 33.1 Å². The molecular weight excluding hydrogens is 252 g/mol. The molecule has 0 heterocycles. The van der Waals surface area contributed by atoms with E-state index in [0.29, 0.717) is 13.0 Å². The Morgan fingerprint density at radius 1 is 1.05 bits per heavy atom. The van der Waals surface area contributed by atoms with E-state index in [1.54, 1.807) is 6.92 Å². The minimum absolute atomic E-state index is 0.0163. The smallest absolute Gasteiger partial charge is 0.338 e. The summed E-state index contributed by atoms with van der Waals surface area (Å²) in [4.78, 5) is 11.9. The molecule has 0 aromatic rings. The van der Waals surface area contributed by atoms with Crippen LogP contribution in [0.5, 0.6) is 0 Å². The van der Waals surface area contributed by atoms with Gasteiger partial charge in [-0.15, -0.1) is 0 Å². The summed E-state index contributed by atoms with van der Waals surface area (Å²) >= 11 is 0. The Kier molecular flexibility index (Phi) is 11.9. The highest BCUT2D eigenvalue weighted by Gasteiger charge is 2.31. The highest BCUT2D eigenvalue weighted by atomic mass is 16.7. The Labute approximate surface area is 115 Å². The lowest BCUT2D eigenvalue weighted by atomic mass is 10.1. The van der Waals surface area contributed by atoms with E-state index in [0.717, 1.165) is 12.8 Å². The Bertz CT molecular complexity index is 213. The lowest BCUT2D eigenvalue weighted by molar-refractivity contribution is -0.190. The van der Waals surface area contributed by atoms with E-state index in [9.17, 15) is 4.79 Å². The van der Waals surface area contributed by atoms with E-state index in [2.05, 4.69) is 6.92 Å². The van der Waals surface area contributed by atoms with E-state index in [-0.39, 0.29) is 13.6 Å². The van der Waals surface area contributed by atoms with Crippen molar-refractivity contribution in [2.75, 3.05) is 34.4 Å². The molecular formula is C13H26O6. The maximum absolute atomic E-state index is 11.9. The van der Waals surface area contributed by atoms with Crippen molar-refractivity contribution in [2.45, 2.75) is 45.3 Å². The maximum Gasteiger partial charge on any atom is 0.338 e. The highest BCUT2D eigenvalue weighted by molar-refractivity contribution is 5.75. The summed E-state index contributed by atoms with van der Waals surface area (Å²) < 4.78 is 25.6. The molecule has 2 atom stereocenters. The average Bonchev–Trinajstić information content (AvgIpc) is 2.41. The fraction of sp³-hybridized carbons (Fsp3) is 0.923. The Morgan fingerprint density at radius 3 is 2.21 bits per heavy atom. The normalized spacial score (nSPS) is 14.1. The van der Waals surface area contributed by atoms with Gasteiger partial charge in [-0.05, 0) is 13.3 Å². The van der Waals surface area contributed by atoms with E-state index in [4.69, 9.17) is 23.7 Å². The van der Waals surface area contributed by atoms with E-state index in [1.807, 2.05) is 0 Å². The van der Waals surface area contributed by atoms with Crippen molar-refractivity contribution in [3.05, 3.63) is 0 Å². The van der Waals surface area contributed by atoms with Gasteiger partial charge in [0, 0.05) is 14.2 Å². The number of methoxy groups -OCH3 is 2. The molecule has 0 aromatic heterocycles. The van der Waals surface area contributed by atoms with Gasteiger partial charge in [-0.25, -0.2) is 4.79 Å². The van der Waals surface area contributed by atoms with Crippen LogP contribution in [0, 0.1) is 0 Å². The van der Waals surface area contributed by atoms with E-state index >= 15 is 0 Å². The summed E-state index contributed by atoms with van der Waals surface area (Å²) in [6, 6.07) is 0. The molecule has 6 heteroatoms. The Balaban J connectivity index is 4.61.